The van der Waals surface area contributed by atoms with Crippen LogP contribution >= 0.6 is 0 Å². The third-order valence-corrected chi connectivity index (χ3v) is 5.36. The summed E-state index contributed by atoms with van der Waals surface area (Å²) in [6, 6.07) is 9.49. The maximum atomic E-state index is 13.0. The van der Waals surface area contributed by atoms with Crippen LogP contribution in [0.2, 0.25) is 0 Å². The highest BCUT2D eigenvalue weighted by Crippen LogP contribution is 2.34. The number of nitrogens with zero attached hydrogens (tertiary/aromatic N) is 6. The number of alkyl halides is 3. The zero-order chi connectivity index (χ0) is 23.3. The summed E-state index contributed by atoms with van der Waals surface area (Å²) < 4.78 is 44.1. The van der Waals surface area contributed by atoms with Gasteiger partial charge in [-0.05, 0) is 31.2 Å². The Hall–Kier alpha value is -4.09. The molecule has 3 heterocycles. The molecule has 0 bridgehead atoms. The molecule has 0 aliphatic carbocycles. The quantitative estimate of drug-likeness (QED) is 0.556. The van der Waals surface area contributed by atoms with Gasteiger partial charge in [0.05, 0.1) is 11.3 Å². The van der Waals surface area contributed by atoms with Crippen molar-refractivity contribution < 1.29 is 27.3 Å². The van der Waals surface area contributed by atoms with E-state index in [2.05, 4.69) is 20.5 Å². The minimum absolute atomic E-state index is 0.0102. The van der Waals surface area contributed by atoms with Gasteiger partial charge < -0.3 is 4.52 Å². The van der Waals surface area contributed by atoms with Gasteiger partial charge in [-0.25, -0.2) is 4.90 Å². The smallest absolute Gasteiger partial charge is 0.337 e. The van der Waals surface area contributed by atoms with Crippen LogP contribution in [-0.4, -0.2) is 39.0 Å². The summed E-state index contributed by atoms with van der Waals surface area (Å²) in [6.45, 7) is 1.75. The molecule has 2 amide bonds. The maximum absolute atomic E-state index is 13.0. The van der Waals surface area contributed by atoms with Gasteiger partial charge in [-0.2, -0.15) is 23.3 Å². The summed E-state index contributed by atoms with van der Waals surface area (Å²) in [5, 5.41) is 12.8. The van der Waals surface area contributed by atoms with Crippen LogP contribution in [0.1, 0.15) is 17.0 Å². The number of aromatic nitrogens is 2. The second-order valence-corrected chi connectivity index (χ2v) is 7.63. The molecule has 2 aliphatic heterocycles. The van der Waals surface area contributed by atoms with Gasteiger partial charge in [0.15, 0.2) is 12.1 Å². The topological polar surface area (TPSA) is 104 Å². The molecule has 2 aromatic carbocycles. The number of hydrogen-bond donors (Lipinski definition) is 0. The Balaban J connectivity index is 1.35. The Morgan fingerprint density at radius 1 is 1.06 bits per heavy atom. The van der Waals surface area contributed by atoms with Crippen LogP contribution in [-0.2, 0) is 22.3 Å². The van der Waals surface area contributed by atoms with Crippen LogP contribution in [0, 0.1) is 6.92 Å². The molecule has 33 heavy (non-hydrogen) atoms. The fourth-order valence-electron chi connectivity index (χ4n) is 3.71. The van der Waals surface area contributed by atoms with E-state index in [9.17, 15) is 22.8 Å². The summed E-state index contributed by atoms with van der Waals surface area (Å²) in [7, 11) is 0. The van der Waals surface area contributed by atoms with Crippen LogP contribution in [0.15, 0.2) is 63.4 Å². The molecule has 0 radical (unpaired) electrons. The second-order valence-electron chi connectivity index (χ2n) is 7.63. The summed E-state index contributed by atoms with van der Waals surface area (Å²) in [6.07, 6.45) is -4.51. The lowest BCUT2D eigenvalue weighted by Gasteiger charge is -2.19. The highest BCUT2D eigenvalue weighted by atomic mass is 19.4. The third-order valence-electron chi connectivity index (χ3n) is 5.36. The molecule has 1 saturated heterocycles. The van der Waals surface area contributed by atoms with Crippen molar-refractivity contribution in [2.75, 3.05) is 4.90 Å². The van der Waals surface area contributed by atoms with Crippen molar-refractivity contribution in [3.8, 4) is 11.4 Å². The minimum atomic E-state index is -4.51. The van der Waals surface area contributed by atoms with E-state index in [-0.39, 0.29) is 23.8 Å². The van der Waals surface area contributed by atoms with E-state index in [4.69, 9.17) is 4.52 Å². The zero-order valence-corrected chi connectivity index (χ0v) is 17.0. The van der Waals surface area contributed by atoms with Crippen molar-refractivity contribution in [3.05, 3.63) is 65.5 Å². The normalized spacial score (nSPS) is 20.1. The molecule has 168 valence electrons. The highest BCUT2D eigenvalue weighted by Gasteiger charge is 2.55. The van der Waals surface area contributed by atoms with Gasteiger partial charge in [0.25, 0.3) is 11.8 Å². The summed E-state index contributed by atoms with van der Waals surface area (Å²) in [5.41, 5.74) is 0.698. The summed E-state index contributed by atoms with van der Waals surface area (Å²) >= 11 is 0. The molecule has 3 aromatic rings. The number of fused-ring (bicyclic) bond motifs is 1. The average Bonchev–Trinajstić information content (AvgIpc) is 3.47. The van der Waals surface area contributed by atoms with E-state index >= 15 is 0 Å². The second kappa shape index (κ2) is 7.50. The van der Waals surface area contributed by atoms with E-state index < -0.39 is 35.6 Å². The molecule has 2 aliphatic rings. The molecule has 0 unspecified atom stereocenters. The van der Waals surface area contributed by atoms with Gasteiger partial charge >= 0.3 is 6.18 Å². The van der Waals surface area contributed by atoms with E-state index in [1.807, 2.05) is 6.92 Å². The molecular weight excluding hydrogens is 441 g/mol. The van der Waals surface area contributed by atoms with Crippen molar-refractivity contribution in [2.24, 2.45) is 10.3 Å². The lowest BCUT2D eigenvalue weighted by atomic mass is 10.1. The molecule has 2 atom stereocenters. The first-order valence-electron chi connectivity index (χ1n) is 9.84. The predicted octanol–water partition coefficient (Wildman–Crippen LogP) is 3.56. The van der Waals surface area contributed by atoms with Gasteiger partial charge in [0.2, 0.25) is 11.7 Å². The zero-order valence-electron chi connectivity index (χ0n) is 17.0. The summed E-state index contributed by atoms with van der Waals surface area (Å²) in [4.78, 5) is 31.0. The first kappa shape index (κ1) is 20.8. The monoisotopic (exact) mass is 456 g/mol. The van der Waals surface area contributed by atoms with Crippen molar-refractivity contribution >= 4 is 17.5 Å². The Bertz CT molecular complexity index is 1270. The molecule has 1 fully saturated rings. The van der Waals surface area contributed by atoms with Crippen LogP contribution in [0.5, 0.6) is 0 Å². The Morgan fingerprint density at radius 3 is 2.55 bits per heavy atom. The van der Waals surface area contributed by atoms with E-state index in [1.165, 1.54) is 17.1 Å². The van der Waals surface area contributed by atoms with E-state index in [1.54, 1.807) is 24.3 Å². The maximum Gasteiger partial charge on any atom is 0.416 e. The van der Waals surface area contributed by atoms with Gasteiger partial charge in [0.1, 0.15) is 6.54 Å². The predicted molar refractivity (Wildman–Crippen MR) is 106 cm³/mol. The summed E-state index contributed by atoms with van der Waals surface area (Å²) in [5.74, 6) is -1.01. The molecule has 12 heteroatoms. The number of hydrogen-bond acceptors (Lipinski definition) is 8. The number of halogens is 3. The van der Waals surface area contributed by atoms with Gasteiger partial charge in [0, 0.05) is 5.56 Å². The number of benzene rings is 2. The number of carbonyl (C=O) groups is 2. The Kier molecular flexibility index (Phi) is 4.73. The van der Waals surface area contributed by atoms with Crippen LogP contribution in [0.3, 0.4) is 0 Å². The third kappa shape index (κ3) is 3.62. The van der Waals surface area contributed by atoms with E-state index in [0.29, 0.717) is 5.69 Å². The SMILES string of the molecule is Cc1ccc(N2C(=O)[C@H]3N=NN(Cc4nc(-c5cccc(C(F)(F)F)c5)no4)[C@@H]3C2=O)cc1. The molecule has 0 spiro atoms. The van der Waals surface area contributed by atoms with Crippen LogP contribution < -0.4 is 4.90 Å². The molecule has 9 nitrogen and oxygen atoms in total. The van der Waals surface area contributed by atoms with Gasteiger partial charge in [-0.3, -0.25) is 14.6 Å². The fourth-order valence-corrected chi connectivity index (χ4v) is 3.71. The van der Waals surface area contributed by atoms with Crippen molar-refractivity contribution in [1.29, 1.82) is 0 Å². The number of rotatable bonds is 4. The van der Waals surface area contributed by atoms with Gasteiger partial charge in [-0.15, -0.1) is 0 Å². The number of carbonyl (C=O) groups excluding carboxylic acids is 2. The largest absolute Gasteiger partial charge is 0.416 e. The molecule has 0 saturated carbocycles. The molecule has 1 aromatic heterocycles. The van der Waals surface area contributed by atoms with Crippen molar-refractivity contribution in [3.63, 3.8) is 0 Å². The average molecular weight is 456 g/mol. The minimum Gasteiger partial charge on any atom is -0.337 e. The molecule has 0 N–H and O–H groups in total. The number of imide groups is 1. The molecule has 5 rings (SSSR count). The van der Waals surface area contributed by atoms with Gasteiger partial charge in [-0.1, -0.05) is 40.2 Å². The van der Waals surface area contributed by atoms with Crippen molar-refractivity contribution in [2.45, 2.75) is 31.7 Å². The number of anilines is 1. The Labute approximate surface area is 184 Å². The highest BCUT2D eigenvalue weighted by molar-refractivity contribution is 6.25. The van der Waals surface area contributed by atoms with Crippen LogP contribution in [0.4, 0.5) is 18.9 Å². The Morgan fingerprint density at radius 2 is 1.82 bits per heavy atom. The number of amides is 2. The van der Waals surface area contributed by atoms with Crippen molar-refractivity contribution in [1.82, 2.24) is 15.1 Å². The first-order chi connectivity index (χ1) is 15.7. The van der Waals surface area contributed by atoms with E-state index in [0.717, 1.165) is 22.6 Å². The number of aryl methyl sites for hydroxylation is 1. The van der Waals surface area contributed by atoms with Crippen LogP contribution in [0.25, 0.3) is 11.4 Å². The fraction of sp³-hybridized carbons (Fsp3) is 0.238. The standard InChI is InChI=1S/C21H15F3N6O3/c1-11-5-7-14(8-6-11)30-19(31)16-17(20(30)32)29(28-26-16)10-15-25-18(27-33-15)12-3-2-4-13(9-12)21(22,23)24/h2-9,16-17H,10H2,1H3/t16-,17-/m0/s1. The lowest BCUT2D eigenvalue weighted by Crippen LogP contribution is -2.39. The first-order valence-corrected chi connectivity index (χ1v) is 9.84. The molecular formula is C21H15F3N6O3. The lowest BCUT2D eigenvalue weighted by molar-refractivity contribution is -0.137.